The topological polar surface area (TPSA) is 77.5 Å². The molecule has 0 aliphatic rings. The van der Waals surface area contributed by atoms with Crippen molar-refractivity contribution in [3.05, 3.63) is 58.2 Å². The van der Waals surface area contributed by atoms with Gasteiger partial charge in [-0.2, -0.15) is 0 Å². The molecule has 0 aliphatic carbocycles. The molecule has 0 radical (unpaired) electrons. The lowest BCUT2D eigenvalue weighted by molar-refractivity contribution is -0.142. The molecule has 1 amide bonds. The Labute approximate surface area is 157 Å². The highest BCUT2D eigenvalue weighted by Crippen LogP contribution is 2.19. The standard InChI is InChI=1S/C19H21ClN2O4/c1-3-26-17(23)10-14-6-4-13(5-7-14)8-9-21-18(24)16-11-15(20)12-22-19(16)25-2/h4-7,11-12H,3,8-10H2,1-2H3,(H,21,24). The number of rotatable bonds is 8. The van der Waals surface area contributed by atoms with E-state index in [2.05, 4.69) is 10.3 Å². The first-order chi connectivity index (χ1) is 12.5. The van der Waals surface area contributed by atoms with Crippen LogP contribution < -0.4 is 10.1 Å². The number of nitrogens with one attached hydrogen (secondary N) is 1. The van der Waals surface area contributed by atoms with Crippen molar-refractivity contribution in [2.45, 2.75) is 19.8 Å². The van der Waals surface area contributed by atoms with Crippen molar-refractivity contribution < 1.29 is 19.1 Å². The molecule has 1 N–H and O–H groups in total. The van der Waals surface area contributed by atoms with Crippen LogP contribution in [0, 0.1) is 0 Å². The SMILES string of the molecule is CCOC(=O)Cc1ccc(CCNC(=O)c2cc(Cl)cnc2OC)cc1. The lowest BCUT2D eigenvalue weighted by Gasteiger charge is -2.09. The zero-order chi connectivity index (χ0) is 18.9. The zero-order valence-electron chi connectivity index (χ0n) is 14.8. The van der Waals surface area contributed by atoms with Gasteiger partial charge in [0.2, 0.25) is 5.88 Å². The molecular weight excluding hydrogens is 356 g/mol. The molecule has 0 bridgehead atoms. The Morgan fingerprint density at radius 2 is 1.88 bits per heavy atom. The molecule has 0 saturated carbocycles. The number of carbonyl (C=O) groups is 2. The Morgan fingerprint density at radius 3 is 2.54 bits per heavy atom. The number of halogens is 1. The molecule has 1 aromatic heterocycles. The number of nitrogens with zero attached hydrogens (tertiary/aromatic N) is 1. The van der Waals surface area contributed by atoms with E-state index >= 15 is 0 Å². The fourth-order valence-electron chi connectivity index (χ4n) is 2.37. The van der Waals surface area contributed by atoms with E-state index < -0.39 is 0 Å². The Kier molecular flexibility index (Phi) is 7.41. The Bertz CT molecular complexity index is 763. The highest BCUT2D eigenvalue weighted by molar-refractivity contribution is 6.30. The average molecular weight is 377 g/mol. The summed E-state index contributed by atoms with van der Waals surface area (Å²) < 4.78 is 10.0. The lowest BCUT2D eigenvalue weighted by Crippen LogP contribution is -2.26. The second-order valence-electron chi connectivity index (χ2n) is 5.51. The van der Waals surface area contributed by atoms with Crippen LogP contribution in [0.1, 0.15) is 28.4 Å². The van der Waals surface area contributed by atoms with Crippen LogP contribution in [0.15, 0.2) is 36.5 Å². The van der Waals surface area contributed by atoms with E-state index in [-0.39, 0.29) is 24.2 Å². The van der Waals surface area contributed by atoms with Crippen LogP contribution in [-0.4, -0.2) is 37.1 Å². The largest absolute Gasteiger partial charge is 0.480 e. The van der Waals surface area contributed by atoms with Gasteiger partial charge in [0.15, 0.2) is 0 Å². The monoisotopic (exact) mass is 376 g/mol. The molecule has 0 unspecified atom stereocenters. The molecule has 0 saturated heterocycles. The number of ether oxygens (including phenoxy) is 2. The van der Waals surface area contributed by atoms with Crippen molar-refractivity contribution in [3.8, 4) is 5.88 Å². The molecule has 138 valence electrons. The number of amides is 1. The summed E-state index contributed by atoms with van der Waals surface area (Å²) >= 11 is 5.89. The predicted molar refractivity (Wildman–Crippen MR) is 98.6 cm³/mol. The van der Waals surface area contributed by atoms with Crippen LogP contribution in [0.5, 0.6) is 5.88 Å². The third kappa shape index (κ3) is 5.74. The van der Waals surface area contributed by atoms with Crippen LogP contribution in [0.3, 0.4) is 0 Å². The van der Waals surface area contributed by atoms with Gasteiger partial charge in [0.25, 0.3) is 5.91 Å². The molecule has 2 rings (SSSR count). The summed E-state index contributed by atoms with van der Waals surface area (Å²) in [5.41, 5.74) is 2.24. The van der Waals surface area contributed by atoms with Crippen LogP contribution >= 0.6 is 11.6 Å². The summed E-state index contributed by atoms with van der Waals surface area (Å²) in [6.07, 6.45) is 2.34. The van der Waals surface area contributed by atoms with E-state index in [1.807, 2.05) is 24.3 Å². The highest BCUT2D eigenvalue weighted by Gasteiger charge is 2.14. The molecule has 6 nitrogen and oxygen atoms in total. The van der Waals surface area contributed by atoms with Crippen molar-refractivity contribution >= 4 is 23.5 Å². The van der Waals surface area contributed by atoms with Crippen LogP contribution in [-0.2, 0) is 22.4 Å². The van der Waals surface area contributed by atoms with E-state index in [1.54, 1.807) is 6.92 Å². The van der Waals surface area contributed by atoms with Gasteiger partial charge in [-0.1, -0.05) is 35.9 Å². The van der Waals surface area contributed by atoms with Gasteiger partial charge in [-0.15, -0.1) is 0 Å². The van der Waals surface area contributed by atoms with Gasteiger partial charge in [0.1, 0.15) is 5.56 Å². The first-order valence-corrected chi connectivity index (χ1v) is 8.62. The highest BCUT2D eigenvalue weighted by atomic mass is 35.5. The number of hydrogen-bond acceptors (Lipinski definition) is 5. The number of carbonyl (C=O) groups excluding carboxylic acids is 2. The number of methoxy groups -OCH3 is 1. The second-order valence-corrected chi connectivity index (χ2v) is 5.95. The lowest BCUT2D eigenvalue weighted by atomic mass is 10.1. The van der Waals surface area contributed by atoms with E-state index in [0.717, 1.165) is 11.1 Å². The van der Waals surface area contributed by atoms with E-state index in [0.29, 0.717) is 30.2 Å². The summed E-state index contributed by atoms with van der Waals surface area (Å²) in [5, 5.41) is 3.19. The normalized spacial score (nSPS) is 10.3. The zero-order valence-corrected chi connectivity index (χ0v) is 15.5. The number of benzene rings is 1. The molecule has 2 aromatic rings. The quantitative estimate of drug-likeness (QED) is 0.717. The number of hydrogen-bond donors (Lipinski definition) is 1. The smallest absolute Gasteiger partial charge is 0.310 e. The summed E-state index contributed by atoms with van der Waals surface area (Å²) in [6, 6.07) is 9.16. The minimum Gasteiger partial charge on any atom is -0.480 e. The molecule has 26 heavy (non-hydrogen) atoms. The second kappa shape index (κ2) is 9.77. The molecular formula is C19H21ClN2O4. The maximum absolute atomic E-state index is 12.3. The van der Waals surface area contributed by atoms with Crippen molar-refractivity contribution in [1.29, 1.82) is 0 Å². The number of pyridine rings is 1. The first-order valence-electron chi connectivity index (χ1n) is 8.24. The number of esters is 1. The Morgan fingerprint density at radius 1 is 1.19 bits per heavy atom. The summed E-state index contributed by atoms with van der Waals surface area (Å²) in [5.74, 6) is -0.303. The van der Waals surface area contributed by atoms with Crippen molar-refractivity contribution in [1.82, 2.24) is 10.3 Å². The van der Waals surface area contributed by atoms with Crippen molar-refractivity contribution in [2.24, 2.45) is 0 Å². The van der Waals surface area contributed by atoms with E-state index in [9.17, 15) is 9.59 Å². The molecule has 1 heterocycles. The van der Waals surface area contributed by atoms with Crippen LogP contribution in [0.2, 0.25) is 5.02 Å². The van der Waals surface area contributed by atoms with Gasteiger partial charge in [-0.3, -0.25) is 9.59 Å². The minimum atomic E-state index is -0.296. The van der Waals surface area contributed by atoms with Gasteiger partial charge in [0, 0.05) is 12.7 Å². The maximum Gasteiger partial charge on any atom is 0.310 e. The van der Waals surface area contributed by atoms with Crippen LogP contribution in [0.25, 0.3) is 0 Å². The molecule has 1 aromatic carbocycles. The van der Waals surface area contributed by atoms with Gasteiger partial charge < -0.3 is 14.8 Å². The van der Waals surface area contributed by atoms with Gasteiger partial charge in [-0.05, 0) is 30.5 Å². The van der Waals surface area contributed by atoms with Gasteiger partial charge in [0.05, 0.1) is 25.2 Å². The minimum absolute atomic E-state index is 0.232. The Balaban J connectivity index is 1.87. The molecule has 7 heteroatoms. The number of aromatic nitrogens is 1. The summed E-state index contributed by atoms with van der Waals surface area (Å²) in [6.45, 7) is 2.61. The molecule has 0 atom stereocenters. The molecule has 0 fully saturated rings. The fraction of sp³-hybridized carbons (Fsp3) is 0.316. The average Bonchev–Trinajstić information content (AvgIpc) is 2.63. The molecule has 0 aliphatic heterocycles. The third-order valence-corrected chi connectivity index (χ3v) is 3.84. The molecule has 0 spiro atoms. The van der Waals surface area contributed by atoms with E-state index in [1.165, 1.54) is 19.4 Å². The first kappa shape index (κ1) is 19.7. The van der Waals surface area contributed by atoms with Crippen LogP contribution in [0.4, 0.5) is 0 Å². The van der Waals surface area contributed by atoms with Crippen molar-refractivity contribution in [2.75, 3.05) is 20.3 Å². The Hall–Kier alpha value is -2.60. The summed E-state index contributed by atoms with van der Waals surface area (Å²) in [7, 11) is 1.45. The predicted octanol–water partition coefficient (Wildman–Crippen LogP) is 2.82. The summed E-state index contributed by atoms with van der Waals surface area (Å²) in [4.78, 5) is 27.7. The third-order valence-electron chi connectivity index (χ3n) is 3.63. The fourth-order valence-corrected chi connectivity index (χ4v) is 2.53. The van der Waals surface area contributed by atoms with Gasteiger partial charge >= 0.3 is 5.97 Å². The van der Waals surface area contributed by atoms with Gasteiger partial charge in [-0.25, -0.2) is 4.98 Å². The van der Waals surface area contributed by atoms with Crippen molar-refractivity contribution in [3.63, 3.8) is 0 Å². The van der Waals surface area contributed by atoms with E-state index in [4.69, 9.17) is 21.1 Å². The maximum atomic E-state index is 12.3.